The highest BCUT2D eigenvalue weighted by molar-refractivity contribution is 6.04. The molecule has 116 valence electrons. The Morgan fingerprint density at radius 1 is 1.22 bits per heavy atom. The number of carbonyl (C=O) groups is 1. The maximum Gasteiger partial charge on any atom is 0.255 e. The van der Waals surface area contributed by atoms with Gasteiger partial charge in [0.1, 0.15) is 11.6 Å². The molecular weight excluding hydrogens is 292 g/mol. The SMILES string of the molecule is CCc1nc(Nc2cc(C(=O)Nc3ccccc3)ccn2)n[nH]1. The molecule has 3 rings (SSSR count). The molecule has 23 heavy (non-hydrogen) atoms. The number of amides is 1. The van der Waals surface area contributed by atoms with Crippen molar-refractivity contribution in [1.29, 1.82) is 0 Å². The van der Waals surface area contributed by atoms with Crippen LogP contribution in [0.5, 0.6) is 0 Å². The lowest BCUT2D eigenvalue weighted by Crippen LogP contribution is -2.12. The van der Waals surface area contributed by atoms with Gasteiger partial charge in [0.2, 0.25) is 5.95 Å². The minimum Gasteiger partial charge on any atom is -0.322 e. The summed E-state index contributed by atoms with van der Waals surface area (Å²) in [7, 11) is 0. The first-order valence-corrected chi connectivity index (χ1v) is 7.25. The van der Waals surface area contributed by atoms with E-state index in [-0.39, 0.29) is 5.91 Å². The van der Waals surface area contributed by atoms with Crippen LogP contribution >= 0.6 is 0 Å². The predicted molar refractivity (Wildman–Crippen MR) is 87.7 cm³/mol. The summed E-state index contributed by atoms with van der Waals surface area (Å²) in [6.45, 7) is 1.98. The molecule has 0 bridgehead atoms. The monoisotopic (exact) mass is 308 g/mol. The highest BCUT2D eigenvalue weighted by Gasteiger charge is 2.09. The average Bonchev–Trinajstić information content (AvgIpc) is 3.03. The summed E-state index contributed by atoms with van der Waals surface area (Å²) in [6, 6.07) is 12.6. The lowest BCUT2D eigenvalue weighted by molar-refractivity contribution is 0.102. The van der Waals surface area contributed by atoms with E-state index in [1.165, 1.54) is 0 Å². The number of hydrogen-bond donors (Lipinski definition) is 3. The molecule has 0 aliphatic heterocycles. The van der Waals surface area contributed by atoms with E-state index >= 15 is 0 Å². The van der Waals surface area contributed by atoms with Crippen molar-refractivity contribution < 1.29 is 4.79 Å². The summed E-state index contributed by atoms with van der Waals surface area (Å²) in [6.07, 6.45) is 2.33. The fourth-order valence-electron chi connectivity index (χ4n) is 1.99. The highest BCUT2D eigenvalue weighted by atomic mass is 16.1. The number of rotatable bonds is 5. The molecule has 0 spiro atoms. The average molecular weight is 308 g/mol. The van der Waals surface area contributed by atoms with E-state index in [0.29, 0.717) is 17.3 Å². The molecule has 0 fully saturated rings. The van der Waals surface area contributed by atoms with Gasteiger partial charge in [-0.3, -0.25) is 9.89 Å². The first-order chi connectivity index (χ1) is 11.2. The van der Waals surface area contributed by atoms with Crippen LogP contribution in [0.25, 0.3) is 0 Å². The van der Waals surface area contributed by atoms with Crippen molar-refractivity contribution in [3.8, 4) is 0 Å². The Morgan fingerprint density at radius 3 is 2.78 bits per heavy atom. The van der Waals surface area contributed by atoms with Crippen LogP contribution in [-0.4, -0.2) is 26.1 Å². The van der Waals surface area contributed by atoms with Crippen molar-refractivity contribution in [2.24, 2.45) is 0 Å². The van der Waals surface area contributed by atoms with Crippen LogP contribution in [-0.2, 0) is 6.42 Å². The molecule has 1 aromatic carbocycles. The summed E-state index contributed by atoms with van der Waals surface area (Å²) < 4.78 is 0. The number of para-hydroxylation sites is 1. The van der Waals surface area contributed by atoms with Crippen molar-refractivity contribution >= 4 is 23.4 Å². The zero-order chi connectivity index (χ0) is 16.1. The van der Waals surface area contributed by atoms with Crippen LogP contribution in [0.2, 0.25) is 0 Å². The number of aromatic amines is 1. The molecule has 3 aromatic rings. The quantitative estimate of drug-likeness (QED) is 0.673. The summed E-state index contributed by atoms with van der Waals surface area (Å²) in [5, 5.41) is 12.7. The van der Waals surface area contributed by atoms with Gasteiger partial charge in [-0.25, -0.2) is 4.98 Å². The minimum atomic E-state index is -0.203. The molecular formula is C16H16N6O. The zero-order valence-electron chi connectivity index (χ0n) is 12.6. The zero-order valence-corrected chi connectivity index (χ0v) is 12.6. The second kappa shape index (κ2) is 6.69. The second-order valence-electron chi connectivity index (χ2n) is 4.83. The Hall–Kier alpha value is -3.22. The Morgan fingerprint density at radius 2 is 2.04 bits per heavy atom. The number of anilines is 3. The van der Waals surface area contributed by atoms with Gasteiger partial charge in [0.15, 0.2) is 0 Å². The van der Waals surface area contributed by atoms with E-state index in [2.05, 4.69) is 30.8 Å². The van der Waals surface area contributed by atoms with E-state index < -0.39 is 0 Å². The Kier molecular flexibility index (Phi) is 4.28. The third kappa shape index (κ3) is 3.70. The summed E-state index contributed by atoms with van der Waals surface area (Å²) in [4.78, 5) is 20.7. The fraction of sp³-hybridized carbons (Fsp3) is 0.125. The number of H-pyrrole nitrogens is 1. The van der Waals surface area contributed by atoms with E-state index in [1.54, 1.807) is 18.3 Å². The molecule has 0 saturated heterocycles. The molecule has 7 nitrogen and oxygen atoms in total. The van der Waals surface area contributed by atoms with Crippen molar-refractivity contribution in [3.63, 3.8) is 0 Å². The summed E-state index contributed by atoms with van der Waals surface area (Å²) in [5.41, 5.74) is 1.24. The van der Waals surface area contributed by atoms with Gasteiger partial charge >= 0.3 is 0 Å². The van der Waals surface area contributed by atoms with Gasteiger partial charge in [-0.2, -0.15) is 4.98 Å². The number of benzene rings is 1. The number of carbonyl (C=O) groups excluding carboxylic acids is 1. The number of pyridine rings is 1. The van der Waals surface area contributed by atoms with Crippen LogP contribution in [0, 0.1) is 0 Å². The van der Waals surface area contributed by atoms with Gasteiger partial charge in [0.25, 0.3) is 5.91 Å². The maximum absolute atomic E-state index is 12.3. The van der Waals surface area contributed by atoms with Gasteiger partial charge in [-0.05, 0) is 24.3 Å². The van der Waals surface area contributed by atoms with Crippen LogP contribution < -0.4 is 10.6 Å². The highest BCUT2D eigenvalue weighted by Crippen LogP contribution is 2.14. The van der Waals surface area contributed by atoms with Gasteiger partial charge in [0, 0.05) is 23.9 Å². The molecule has 0 radical (unpaired) electrons. The molecule has 0 unspecified atom stereocenters. The molecule has 0 aliphatic rings. The molecule has 2 heterocycles. The first kappa shape index (κ1) is 14.7. The largest absolute Gasteiger partial charge is 0.322 e. The summed E-state index contributed by atoms with van der Waals surface area (Å²) in [5.74, 6) is 1.51. The molecule has 2 aromatic heterocycles. The van der Waals surface area contributed by atoms with E-state index in [1.807, 2.05) is 37.3 Å². The number of nitrogens with one attached hydrogen (secondary N) is 3. The van der Waals surface area contributed by atoms with Gasteiger partial charge in [0.05, 0.1) is 0 Å². The number of hydrogen-bond acceptors (Lipinski definition) is 5. The van der Waals surface area contributed by atoms with E-state index in [0.717, 1.165) is 17.9 Å². The Balaban J connectivity index is 1.72. The third-order valence-corrected chi connectivity index (χ3v) is 3.16. The number of nitrogens with zero attached hydrogens (tertiary/aromatic N) is 3. The molecule has 0 aliphatic carbocycles. The van der Waals surface area contributed by atoms with Crippen molar-refractivity contribution in [1.82, 2.24) is 20.2 Å². The number of aryl methyl sites for hydroxylation is 1. The van der Waals surface area contributed by atoms with Crippen LogP contribution in [0.3, 0.4) is 0 Å². The second-order valence-corrected chi connectivity index (χ2v) is 4.83. The maximum atomic E-state index is 12.3. The van der Waals surface area contributed by atoms with Crippen LogP contribution in [0.15, 0.2) is 48.7 Å². The third-order valence-electron chi connectivity index (χ3n) is 3.16. The first-order valence-electron chi connectivity index (χ1n) is 7.25. The lowest BCUT2D eigenvalue weighted by atomic mass is 10.2. The van der Waals surface area contributed by atoms with E-state index in [9.17, 15) is 4.79 Å². The topological polar surface area (TPSA) is 95.6 Å². The molecule has 0 atom stereocenters. The van der Waals surface area contributed by atoms with Gasteiger partial charge in [-0.15, -0.1) is 5.10 Å². The van der Waals surface area contributed by atoms with Crippen LogP contribution in [0.4, 0.5) is 17.5 Å². The predicted octanol–water partition coefficient (Wildman–Crippen LogP) is 2.76. The summed E-state index contributed by atoms with van der Waals surface area (Å²) >= 11 is 0. The molecule has 7 heteroatoms. The minimum absolute atomic E-state index is 0.203. The molecule has 0 saturated carbocycles. The van der Waals surface area contributed by atoms with Gasteiger partial charge in [-0.1, -0.05) is 25.1 Å². The van der Waals surface area contributed by atoms with Crippen molar-refractivity contribution in [2.75, 3.05) is 10.6 Å². The molecule has 3 N–H and O–H groups in total. The van der Waals surface area contributed by atoms with E-state index in [4.69, 9.17) is 0 Å². The molecule has 1 amide bonds. The Labute approximate surface area is 133 Å². The van der Waals surface area contributed by atoms with Crippen molar-refractivity contribution in [2.45, 2.75) is 13.3 Å². The normalized spacial score (nSPS) is 10.3. The fourth-order valence-corrected chi connectivity index (χ4v) is 1.99. The number of aromatic nitrogens is 4. The van der Waals surface area contributed by atoms with Crippen molar-refractivity contribution in [3.05, 3.63) is 60.0 Å². The smallest absolute Gasteiger partial charge is 0.255 e. The lowest BCUT2D eigenvalue weighted by Gasteiger charge is -2.06. The Bertz CT molecular complexity index is 799. The van der Waals surface area contributed by atoms with Crippen LogP contribution in [0.1, 0.15) is 23.1 Å². The standard InChI is InChI=1S/C16H16N6O/c1-2-13-19-16(22-21-13)20-14-10-11(8-9-17-14)15(23)18-12-6-4-3-5-7-12/h3-10H,2H2,1H3,(H,18,23)(H2,17,19,20,21,22). The van der Waals surface area contributed by atoms with Gasteiger partial charge < -0.3 is 10.6 Å².